The number of allylic oxidation sites excluding steroid dienone is 4. The Morgan fingerprint density at radius 2 is 1.58 bits per heavy atom. The van der Waals surface area contributed by atoms with Crippen LogP contribution in [-0.4, -0.2) is 18.9 Å². The number of hydrogen-bond acceptors (Lipinski definition) is 2. The standard InChI is InChI=1S/C21H21O2P/c1-23-21(22)17-24(18-11-5-2-6-12-18,19-13-7-3-8-14-19)20-15-9-4-10-16-20/h2-9,11-15,17H,10,16H2,1H3. The number of benzene rings is 2. The van der Waals surface area contributed by atoms with Crippen LogP contribution in [0.2, 0.25) is 0 Å². The van der Waals surface area contributed by atoms with Gasteiger partial charge in [0.15, 0.2) is 0 Å². The quantitative estimate of drug-likeness (QED) is 0.626. The minimum atomic E-state index is -2.14. The zero-order chi connectivity index (χ0) is 16.8. The summed E-state index contributed by atoms with van der Waals surface area (Å²) < 4.78 is 5.03. The fraction of sp³-hybridized carbons (Fsp3) is 0.143. The van der Waals surface area contributed by atoms with E-state index in [1.165, 1.54) is 23.0 Å². The lowest BCUT2D eigenvalue weighted by molar-refractivity contribution is -0.132. The van der Waals surface area contributed by atoms with Crippen LogP contribution in [0.25, 0.3) is 0 Å². The summed E-state index contributed by atoms with van der Waals surface area (Å²) in [6.45, 7) is -2.14. The van der Waals surface area contributed by atoms with Crippen LogP contribution in [0.3, 0.4) is 0 Å². The van der Waals surface area contributed by atoms with Gasteiger partial charge in [0.25, 0.3) is 0 Å². The van der Waals surface area contributed by atoms with E-state index in [1.807, 2.05) is 42.2 Å². The molecule has 0 fully saturated rings. The molecule has 0 bridgehead atoms. The molecule has 2 aromatic rings. The topological polar surface area (TPSA) is 26.3 Å². The molecule has 0 aromatic heterocycles. The predicted octanol–water partition coefficient (Wildman–Crippen LogP) is 3.86. The number of rotatable bonds is 4. The maximum Gasteiger partial charge on any atom is 0.331 e. The first-order valence-corrected chi connectivity index (χ1v) is 9.93. The molecule has 1 aliphatic carbocycles. The fourth-order valence-electron chi connectivity index (χ4n) is 3.13. The van der Waals surface area contributed by atoms with Crippen molar-refractivity contribution >= 4 is 29.3 Å². The molecule has 122 valence electrons. The van der Waals surface area contributed by atoms with E-state index in [4.69, 9.17) is 4.74 Å². The Morgan fingerprint density at radius 1 is 1.00 bits per heavy atom. The SMILES string of the molecule is COC(=O)C=P(C1=CC=CCC1)(c1ccccc1)c1ccccc1. The van der Waals surface area contributed by atoms with Crippen molar-refractivity contribution in [3.63, 3.8) is 0 Å². The van der Waals surface area contributed by atoms with Gasteiger partial charge in [0, 0.05) is 5.80 Å². The van der Waals surface area contributed by atoms with Crippen LogP contribution in [0.4, 0.5) is 0 Å². The Labute approximate surface area is 143 Å². The molecule has 3 heteroatoms. The molecule has 0 atom stereocenters. The summed E-state index contributed by atoms with van der Waals surface area (Å²) in [6.07, 6.45) is 8.41. The smallest absolute Gasteiger partial charge is 0.331 e. The van der Waals surface area contributed by atoms with Crippen LogP contribution in [0.1, 0.15) is 12.8 Å². The molecule has 0 spiro atoms. The third kappa shape index (κ3) is 3.16. The van der Waals surface area contributed by atoms with Gasteiger partial charge in [0.2, 0.25) is 0 Å². The van der Waals surface area contributed by atoms with Crippen molar-refractivity contribution in [2.45, 2.75) is 12.8 Å². The molecule has 0 heterocycles. The summed E-state index contributed by atoms with van der Waals surface area (Å²) in [4.78, 5) is 12.3. The minimum Gasteiger partial charge on any atom is -0.466 e. The average molecular weight is 336 g/mol. The molecule has 0 N–H and O–H groups in total. The second kappa shape index (κ2) is 7.51. The molecule has 2 aromatic carbocycles. The van der Waals surface area contributed by atoms with E-state index < -0.39 is 6.89 Å². The number of esters is 1. The van der Waals surface area contributed by atoms with Crippen LogP contribution in [0, 0.1) is 0 Å². The van der Waals surface area contributed by atoms with E-state index in [1.54, 1.807) is 0 Å². The largest absolute Gasteiger partial charge is 0.466 e. The van der Waals surface area contributed by atoms with Crippen molar-refractivity contribution in [1.29, 1.82) is 0 Å². The van der Waals surface area contributed by atoms with Gasteiger partial charge in [0.1, 0.15) is 0 Å². The van der Waals surface area contributed by atoms with Crippen LogP contribution < -0.4 is 10.6 Å². The highest BCUT2D eigenvalue weighted by Gasteiger charge is 2.28. The number of carbonyl (C=O) groups is 1. The van der Waals surface area contributed by atoms with Crippen LogP contribution in [-0.2, 0) is 9.53 Å². The van der Waals surface area contributed by atoms with Gasteiger partial charge in [-0.15, -0.1) is 0 Å². The third-order valence-corrected chi connectivity index (χ3v) is 8.37. The van der Waals surface area contributed by atoms with Gasteiger partial charge in [-0.3, -0.25) is 0 Å². The zero-order valence-electron chi connectivity index (χ0n) is 13.8. The molecule has 0 aliphatic heterocycles. The Kier molecular flexibility index (Phi) is 5.17. The van der Waals surface area contributed by atoms with Gasteiger partial charge >= 0.3 is 5.97 Å². The van der Waals surface area contributed by atoms with Gasteiger partial charge < -0.3 is 4.74 Å². The first-order chi connectivity index (χ1) is 11.8. The van der Waals surface area contributed by atoms with E-state index in [2.05, 4.69) is 42.5 Å². The molecular weight excluding hydrogens is 315 g/mol. The minimum absolute atomic E-state index is 0.272. The van der Waals surface area contributed by atoms with Crippen molar-refractivity contribution in [3.8, 4) is 0 Å². The van der Waals surface area contributed by atoms with Crippen molar-refractivity contribution in [1.82, 2.24) is 0 Å². The van der Waals surface area contributed by atoms with E-state index >= 15 is 0 Å². The summed E-state index contributed by atoms with van der Waals surface area (Å²) >= 11 is 0. The fourth-order valence-corrected chi connectivity index (χ4v) is 7.07. The second-order valence-corrected chi connectivity index (χ2v) is 8.98. The maximum absolute atomic E-state index is 12.3. The molecule has 0 unspecified atom stereocenters. The second-order valence-electron chi connectivity index (χ2n) is 5.67. The number of ether oxygens (including phenoxy) is 1. The van der Waals surface area contributed by atoms with E-state index in [-0.39, 0.29) is 5.97 Å². The molecule has 1 aliphatic rings. The first kappa shape index (κ1) is 16.5. The van der Waals surface area contributed by atoms with Crippen molar-refractivity contribution in [2.75, 3.05) is 7.11 Å². The zero-order valence-corrected chi connectivity index (χ0v) is 14.7. The van der Waals surface area contributed by atoms with Crippen molar-refractivity contribution in [3.05, 3.63) is 84.2 Å². The van der Waals surface area contributed by atoms with Gasteiger partial charge in [-0.25, -0.2) is 4.79 Å². The summed E-state index contributed by atoms with van der Waals surface area (Å²) in [7, 11) is 1.44. The number of methoxy groups -OCH3 is 1. The number of carbonyl (C=O) groups excluding carboxylic acids is 1. The number of hydrogen-bond donors (Lipinski definition) is 0. The molecule has 0 amide bonds. The average Bonchev–Trinajstić information content (AvgIpc) is 2.68. The molecule has 0 saturated carbocycles. The molecular formula is C21H21O2P. The first-order valence-electron chi connectivity index (χ1n) is 8.07. The van der Waals surface area contributed by atoms with Gasteiger partial charge in [-0.1, -0.05) is 78.9 Å². The molecule has 24 heavy (non-hydrogen) atoms. The normalized spacial score (nSPS) is 14.0. The highest BCUT2D eigenvalue weighted by molar-refractivity contribution is 7.92. The lowest BCUT2D eigenvalue weighted by Crippen LogP contribution is -2.22. The van der Waals surface area contributed by atoms with Crippen molar-refractivity contribution < 1.29 is 9.53 Å². The molecule has 3 rings (SSSR count). The Morgan fingerprint density at radius 3 is 2.04 bits per heavy atom. The van der Waals surface area contributed by atoms with Gasteiger partial charge in [-0.2, -0.15) is 0 Å². The Bertz CT molecular complexity index is 774. The highest BCUT2D eigenvalue weighted by Crippen LogP contribution is 2.55. The summed E-state index contributed by atoms with van der Waals surface area (Å²) in [5, 5.41) is 3.68. The lowest BCUT2D eigenvalue weighted by atomic mass is 10.2. The van der Waals surface area contributed by atoms with E-state index in [0.29, 0.717) is 0 Å². The molecule has 0 saturated heterocycles. The summed E-state index contributed by atoms with van der Waals surface area (Å²) in [5.41, 5.74) is 0. The summed E-state index contributed by atoms with van der Waals surface area (Å²) in [5.74, 6) is 1.55. The third-order valence-electron chi connectivity index (χ3n) is 4.27. The van der Waals surface area contributed by atoms with Crippen LogP contribution >= 0.6 is 6.89 Å². The summed E-state index contributed by atoms with van der Waals surface area (Å²) in [6, 6.07) is 20.7. The van der Waals surface area contributed by atoms with Crippen molar-refractivity contribution in [2.24, 2.45) is 0 Å². The lowest BCUT2D eigenvalue weighted by Gasteiger charge is -2.31. The van der Waals surface area contributed by atoms with E-state index in [9.17, 15) is 4.79 Å². The van der Waals surface area contributed by atoms with Gasteiger partial charge in [0.05, 0.1) is 7.11 Å². The van der Waals surface area contributed by atoms with Gasteiger partial charge in [-0.05, 0) is 35.7 Å². The van der Waals surface area contributed by atoms with Crippen LogP contribution in [0.5, 0.6) is 0 Å². The Hall–Kier alpha value is -2.31. The molecule has 0 radical (unpaired) electrons. The maximum atomic E-state index is 12.3. The highest BCUT2D eigenvalue weighted by atomic mass is 31.2. The Balaban J connectivity index is 2.37. The predicted molar refractivity (Wildman–Crippen MR) is 104 cm³/mol. The van der Waals surface area contributed by atoms with E-state index in [0.717, 1.165) is 12.8 Å². The van der Waals surface area contributed by atoms with Crippen LogP contribution in [0.15, 0.2) is 84.2 Å². The monoisotopic (exact) mass is 336 g/mol. The molecule has 2 nitrogen and oxygen atoms in total.